The van der Waals surface area contributed by atoms with Gasteiger partial charge in [0, 0.05) is 18.0 Å². The fourth-order valence-electron chi connectivity index (χ4n) is 1.18. The highest BCUT2D eigenvalue weighted by Crippen LogP contribution is 2.17. The Morgan fingerprint density at radius 3 is 2.65 bits per heavy atom. The van der Waals surface area contributed by atoms with Gasteiger partial charge in [0.2, 0.25) is 5.91 Å². The van der Waals surface area contributed by atoms with Gasteiger partial charge in [0.15, 0.2) is 0 Å². The first-order valence-corrected chi connectivity index (χ1v) is 6.03. The molecule has 0 spiro atoms. The molecule has 0 aliphatic rings. The number of hydrogen-bond acceptors (Lipinski definition) is 3. The maximum atomic E-state index is 11.7. The Hall–Kier alpha value is -1.62. The molecule has 0 saturated carbocycles. The molecule has 1 atom stereocenters. The van der Waals surface area contributed by atoms with Crippen LogP contribution in [0.4, 0.5) is 0 Å². The summed E-state index contributed by atoms with van der Waals surface area (Å²) in [4.78, 5) is 24.6. The van der Waals surface area contributed by atoms with Crippen LogP contribution in [0.2, 0.25) is 0 Å². The quantitative estimate of drug-likeness (QED) is 0.835. The van der Waals surface area contributed by atoms with E-state index in [2.05, 4.69) is 0 Å². The van der Waals surface area contributed by atoms with Crippen LogP contribution in [0.3, 0.4) is 0 Å². The van der Waals surface area contributed by atoms with Crippen LogP contribution in [0.1, 0.15) is 17.4 Å². The molecular formula is C12H15NO3S. The van der Waals surface area contributed by atoms with Gasteiger partial charge in [-0.25, -0.2) is 4.79 Å². The lowest BCUT2D eigenvalue weighted by Gasteiger charge is -2.19. The second kappa shape index (κ2) is 5.63. The molecule has 0 aliphatic heterocycles. The Kier molecular flexibility index (Phi) is 4.45. The number of carbonyl (C=O) groups excluding carboxylic acids is 1. The highest BCUT2D eigenvalue weighted by Gasteiger charge is 2.19. The van der Waals surface area contributed by atoms with Crippen molar-refractivity contribution < 1.29 is 14.7 Å². The van der Waals surface area contributed by atoms with E-state index in [1.165, 1.54) is 24.9 Å². The Morgan fingerprint density at radius 2 is 2.18 bits per heavy atom. The van der Waals surface area contributed by atoms with Crippen molar-refractivity contribution >= 4 is 29.3 Å². The van der Waals surface area contributed by atoms with E-state index in [-0.39, 0.29) is 5.91 Å². The van der Waals surface area contributed by atoms with Crippen molar-refractivity contribution in [2.75, 3.05) is 7.05 Å². The van der Waals surface area contributed by atoms with E-state index in [0.717, 1.165) is 10.4 Å². The van der Waals surface area contributed by atoms with E-state index in [0.29, 0.717) is 0 Å². The lowest BCUT2D eigenvalue weighted by molar-refractivity contribution is -0.146. The zero-order valence-electron chi connectivity index (χ0n) is 10.0. The van der Waals surface area contributed by atoms with Gasteiger partial charge in [0.05, 0.1) is 0 Å². The summed E-state index contributed by atoms with van der Waals surface area (Å²) in [5.41, 5.74) is 1.10. The van der Waals surface area contributed by atoms with E-state index in [4.69, 9.17) is 5.11 Å². The third kappa shape index (κ3) is 3.42. The summed E-state index contributed by atoms with van der Waals surface area (Å²) in [6.07, 6.45) is 3.12. The van der Waals surface area contributed by atoms with Gasteiger partial charge in [-0.3, -0.25) is 4.79 Å². The largest absolute Gasteiger partial charge is 0.480 e. The summed E-state index contributed by atoms with van der Waals surface area (Å²) in [5.74, 6) is -1.32. The van der Waals surface area contributed by atoms with Crippen LogP contribution in [0, 0.1) is 6.92 Å². The molecule has 17 heavy (non-hydrogen) atoms. The molecule has 0 aliphatic carbocycles. The Labute approximate surface area is 104 Å². The van der Waals surface area contributed by atoms with Crippen molar-refractivity contribution in [2.24, 2.45) is 0 Å². The first-order chi connectivity index (χ1) is 7.93. The first-order valence-electron chi connectivity index (χ1n) is 5.15. The van der Waals surface area contributed by atoms with Gasteiger partial charge in [-0.1, -0.05) is 0 Å². The number of amides is 1. The topological polar surface area (TPSA) is 57.6 Å². The van der Waals surface area contributed by atoms with E-state index in [9.17, 15) is 9.59 Å². The number of aliphatic carboxylic acids is 1. The Morgan fingerprint density at radius 1 is 1.53 bits per heavy atom. The van der Waals surface area contributed by atoms with Gasteiger partial charge in [-0.15, -0.1) is 11.3 Å². The molecule has 0 fully saturated rings. The summed E-state index contributed by atoms with van der Waals surface area (Å²) in [6, 6.07) is 1.15. The fourth-order valence-corrected chi connectivity index (χ4v) is 2.00. The number of nitrogens with zero attached hydrogens (tertiary/aromatic N) is 1. The SMILES string of the molecule is Cc1ccsc1C=CC(=O)N(C)C(C)C(=O)O. The average molecular weight is 253 g/mol. The first kappa shape index (κ1) is 13.4. The molecule has 92 valence electrons. The van der Waals surface area contributed by atoms with Gasteiger partial charge < -0.3 is 10.0 Å². The minimum Gasteiger partial charge on any atom is -0.480 e. The van der Waals surface area contributed by atoms with Crippen LogP contribution in [0.25, 0.3) is 6.08 Å². The van der Waals surface area contributed by atoms with E-state index in [1.807, 2.05) is 18.4 Å². The molecule has 4 nitrogen and oxygen atoms in total. The normalized spacial score (nSPS) is 12.6. The second-order valence-corrected chi connectivity index (χ2v) is 4.71. The van der Waals surface area contributed by atoms with Crippen LogP contribution in [-0.2, 0) is 9.59 Å². The van der Waals surface area contributed by atoms with Gasteiger partial charge in [0.25, 0.3) is 0 Å². The lowest BCUT2D eigenvalue weighted by Crippen LogP contribution is -2.39. The highest BCUT2D eigenvalue weighted by atomic mass is 32.1. The highest BCUT2D eigenvalue weighted by molar-refractivity contribution is 7.11. The number of rotatable bonds is 4. The van der Waals surface area contributed by atoms with Crippen molar-refractivity contribution in [3.8, 4) is 0 Å². The van der Waals surface area contributed by atoms with Crippen molar-refractivity contribution in [2.45, 2.75) is 19.9 Å². The van der Waals surface area contributed by atoms with Gasteiger partial charge in [-0.2, -0.15) is 0 Å². The Bertz CT molecular complexity index is 450. The zero-order chi connectivity index (χ0) is 13.0. The lowest BCUT2D eigenvalue weighted by atomic mass is 10.2. The molecule has 1 N–H and O–H groups in total. The van der Waals surface area contributed by atoms with Gasteiger partial charge in [-0.05, 0) is 36.9 Å². The minimum atomic E-state index is -1.01. The number of carbonyl (C=O) groups is 2. The summed E-state index contributed by atoms with van der Waals surface area (Å²) >= 11 is 1.54. The number of thiophene rings is 1. The molecule has 1 rings (SSSR count). The standard InChI is InChI=1S/C12H15NO3S/c1-8-6-7-17-10(8)4-5-11(14)13(3)9(2)12(15)16/h4-7,9H,1-3H3,(H,15,16). The molecule has 1 aromatic heterocycles. The smallest absolute Gasteiger partial charge is 0.326 e. The average Bonchev–Trinajstić information content (AvgIpc) is 2.69. The zero-order valence-corrected chi connectivity index (χ0v) is 10.8. The molecule has 0 radical (unpaired) electrons. The number of likely N-dealkylation sites (N-methyl/N-ethyl adjacent to an activating group) is 1. The molecule has 5 heteroatoms. The molecular weight excluding hydrogens is 238 g/mol. The van der Waals surface area contributed by atoms with Crippen LogP contribution >= 0.6 is 11.3 Å². The number of aryl methyl sites for hydroxylation is 1. The Balaban J connectivity index is 2.70. The van der Waals surface area contributed by atoms with Gasteiger partial charge >= 0.3 is 5.97 Å². The third-order valence-electron chi connectivity index (χ3n) is 2.56. The van der Waals surface area contributed by atoms with Crippen LogP contribution in [0.15, 0.2) is 17.5 Å². The van der Waals surface area contributed by atoms with E-state index < -0.39 is 12.0 Å². The maximum absolute atomic E-state index is 11.7. The second-order valence-electron chi connectivity index (χ2n) is 3.76. The summed E-state index contributed by atoms with van der Waals surface area (Å²) < 4.78 is 0. The predicted molar refractivity (Wildman–Crippen MR) is 68.0 cm³/mol. The number of carboxylic acid groups (broad SMARTS) is 1. The number of carboxylic acids is 1. The molecule has 0 saturated heterocycles. The predicted octanol–water partition coefficient (Wildman–Crippen LogP) is 2.00. The third-order valence-corrected chi connectivity index (χ3v) is 3.55. The van der Waals surface area contributed by atoms with E-state index >= 15 is 0 Å². The minimum absolute atomic E-state index is 0.312. The number of hydrogen-bond donors (Lipinski definition) is 1. The fraction of sp³-hybridized carbons (Fsp3) is 0.333. The molecule has 0 bridgehead atoms. The van der Waals surface area contributed by atoms with Crippen LogP contribution in [-0.4, -0.2) is 35.0 Å². The van der Waals surface area contributed by atoms with Crippen molar-refractivity contribution in [3.63, 3.8) is 0 Å². The maximum Gasteiger partial charge on any atom is 0.326 e. The van der Waals surface area contributed by atoms with Crippen LogP contribution < -0.4 is 0 Å². The molecule has 1 heterocycles. The molecule has 1 unspecified atom stereocenters. The van der Waals surface area contributed by atoms with E-state index in [1.54, 1.807) is 17.4 Å². The summed E-state index contributed by atoms with van der Waals surface area (Å²) in [7, 11) is 1.48. The molecule has 1 aromatic rings. The monoisotopic (exact) mass is 253 g/mol. The summed E-state index contributed by atoms with van der Waals surface area (Å²) in [6.45, 7) is 3.44. The van der Waals surface area contributed by atoms with Crippen molar-refractivity contribution in [1.82, 2.24) is 4.90 Å². The summed E-state index contributed by atoms with van der Waals surface area (Å²) in [5, 5.41) is 10.7. The van der Waals surface area contributed by atoms with Crippen molar-refractivity contribution in [1.29, 1.82) is 0 Å². The van der Waals surface area contributed by atoms with Crippen molar-refractivity contribution in [3.05, 3.63) is 28.0 Å². The van der Waals surface area contributed by atoms with Gasteiger partial charge in [0.1, 0.15) is 6.04 Å². The molecule has 0 aromatic carbocycles. The van der Waals surface area contributed by atoms with Crippen LogP contribution in [0.5, 0.6) is 0 Å². The molecule has 1 amide bonds.